The van der Waals surface area contributed by atoms with E-state index in [0.717, 1.165) is 24.2 Å². The molecule has 3 nitrogen and oxygen atoms in total. The molecule has 19 heavy (non-hydrogen) atoms. The van der Waals surface area contributed by atoms with Crippen LogP contribution in [-0.2, 0) is 4.79 Å². The zero-order chi connectivity index (χ0) is 14.0. The molecule has 1 fully saturated rings. The van der Waals surface area contributed by atoms with Gasteiger partial charge in [0.25, 0.3) is 0 Å². The highest BCUT2D eigenvalue weighted by Crippen LogP contribution is 2.27. The number of benzene rings is 1. The second-order valence-corrected chi connectivity index (χ2v) is 5.78. The molecule has 3 heteroatoms. The summed E-state index contributed by atoms with van der Waals surface area (Å²) in [5.74, 6) is 0.701. The standard InChI is InChI=1S/C16H24N2O/c1-11-6-5-9-18(13(11)3)16(19)12(2)14-7-4-8-15(17)10-14/h4,7-8,10-13H,5-6,9,17H2,1-3H3. The molecule has 0 spiro atoms. The Balaban J connectivity index is 2.14. The van der Waals surface area contributed by atoms with Crippen molar-refractivity contribution in [2.24, 2.45) is 5.92 Å². The van der Waals surface area contributed by atoms with E-state index < -0.39 is 0 Å². The molecule has 1 amide bonds. The van der Waals surface area contributed by atoms with Crippen molar-refractivity contribution in [3.63, 3.8) is 0 Å². The first-order valence-electron chi connectivity index (χ1n) is 7.16. The number of hydrogen-bond acceptors (Lipinski definition) is 2. The van der Waals surface area contributed by atoms with E-state index in [1.54, 1.807) is 0 Å². The number of amides is 1. The molecule has 1 aliphatic rings. The van der Waals surface area contributed by atoms with Crippen LogP contribution in [0.1, 0.15) is 45.1 Å². The predicted molar refractivity (Wildman–Crippen MR) is 78.8 cm³/mol. The molecule has 1 saturated heterocycles. The normalized spacial score (nSPS) is 25.1. The molecule has 2 N–H and O–H groups in total. The van der Waals surface area contributed by atoms with E-state index in [1.807, 2.05) is 36.1 Å². The third-order valence-electron chi connectivity index (χ3n) is 4.44. The predicted octanol–water partition coefficient (Wildman–Crippen LogP) is 3.02. The number of nitrogens with zero attached hydrogens (tertiary/aromatic N) is 1. The van der Waals surface area contributed by atoms with Crippen molar-refractivity contribution in [2.75, 3.05) is 12.3 Å². The van der Waals surface area contributed by atoms with Gasteiger partial charge in [-0.05, 0) is 50.3 Å². The van der Waals surface area contributed by atoms with Gasteiger partial charge < -0.3 is 10.6 Å². The summed E-state index contributed by atoms with van der Waals surface area (Å²) in [6.07, 6.45) is 2.33. The minimum atomic E-state index is -0.115. The van der Waals surface area contributed by atoms with Crippen LogP contribution in [0.5, 0.6) is 0 Å². The minimum absolute atomic E-state index is 0.115. The smallest absolute Gasteiger partial charge is 0.230 e. The maximum absolute atomic E-state index is 12.7. The lowest BCUT2D eigenvalue weighted by Gasteiger charge is -2.39. The molecule has 1 aromatic carbocycles. The maximum Gasteiger partial charge on any atom is 0.230 e. The fraction of sp³-hybridized carbons (Fsp3) is 0.562. The molecule has 1 aromatic rings. The third-order valence-corrected chi connectivity index (χ3v) is 4.44. The highest BCUT2D eigenvalue weighted by molar-refractivity contribution is 5.84. The Hall–Kier alpha value is -1.51. The molecule has 0 bridgehead atoms. The number of carbonyl (C=O) groups is 1. The average molecular weight is 260 g/mol. The van der Waals surface area contributed by atoms with Crippen molar-refractivity contribution in [3.8, 4) is 0 Å². The number of nitrogens with two attached hydrogens (primary N) is 1. The molecular weight excluding hydrogens is 236 g/mol. The Kier molecular flexibility index (Phi) is 4.13. The lowest BCUT2D eigenvalue weighted by molar-refractivity contribution is -0.137. The molecule has 1 aliphatic heterocycles. The van der Waals surface area contributed by atoms with Crippen LogP contribution in [-0.4, -0.2) is 23.4 Å². The van der Waals surface area contributed by atoms with Gasteiger partial charge in [-0.15, -0.1) is 0 Å². The summed E-state index contributed by atoms with van der Waals surface area (Å²) in [5, 5.41) is 0. The summed E-state index contributed by atoms with van der Waals surface area (Å²) in [7, 11) is 0. The fourth-order valence-corrected chi connectivity index (χ4v) is 2.87. The zero-order valence-electron chi connectivity index (χ0n) is 12.1. The van der Waals surface area contributed by atoms with Crippen LogP contribution in [0.3, 0.4) is 0 Å². The molecule has 1 heterocycles. The molecule has 0 radical (unpaired) electrons. The maximum atomic E-state index is 12.7. The van der Waals surface area contributed by atoms with Crippen molar-refractivity contribution in [3.05, 3.63) is 29.8 Å². The Labute approximate surface area is 115 Å². The Morgan fingerprint density at radius 3 is 2.84 bits per heavy atom. The van der Waals surface area contributed by atoms with Crippen LogP contribution in [0.25, 0.3) is 0 Å². The van der Waals surface area contributed by atoms with Gasteiger partial charge in [0, 0.05) is 18.3 Å². The van der Waals surface area contributed by atoms with E-state index in [4.69, 9.17) is 5.73 Å². The lowest BCUT2D eigenvalue weighted by Crippen LogP contribution is -2.47. The summed E-state index contributed by atoms with van der Waals surface area (Å²) in [6.45, 7) is 7.25. The van der Waals surface area contributed by atoms with E-state index in [-0.39, 0.29) is 11.8 Å². The topological polar surface area (TPSA) is 46.3 Å². The zero-order valence-corrected chi connectivity index (χ0v) is 12.1. The Morgan fingerprint density at radius 1 is 1.42 bits per heavy atom. The molecule has 104 valence electrons. The first-order chi connectivity index (χ1) is 9.00. The van der Waals surface area contributed by atoms with Gasteiger partial charge in [0.05, 0.1) is 5.92 Å². The third kappa shape index (κ3) is 2.91. The van der Waals surface area contributed by atoms with Gasteiger partial charge in [-0.2, -0.15) is 0 Å². The second kappa shape index (κ2) is 5.64. The highest BCUT2D eigenvalue weighted by Gasteiger charge is 2.31. The quantitative estimate of drug-likeness (QED) is 0.831. The van der Waals surface area contributed by atoms with E-state index in [2.05, 4.69) is 13.8 Å². The summed E-state index contributed by atoms with van der Waals surface area (Å²) in [5.41, 5.74) is 7.53. The van der Waals surface area contributed by atoms with Crippen LogP contribution in [0.2, 0.25) is 0 Å². The number of rotatable bonds is 2. The average Bonchev–Trinajstić information content (AvgIpc) is 2.40. The summed E-state index contributed by atoms with van der Waals surface area (Å²) < 4.78 is 0. The molecule has 0 saturated carbocycles. The van der Waals surface area contributed by atoms with Crippen LogP contribution in [0.4, 0.5) is 5.69 Å². The Morgan fingerprint density at radius 2 is 2.16 bits per heavy atom. The number of nitrogen functional groups attached to an aromatic ring is 1. The van der Waals surface area contributed by atoms with E-state index >= 15 is 0 Å². The molecule has 2 rings (SSSR count). The van der Waals surface area contributed by atoms with Gasteiger partial charge >= 0.3 is 0 Å². The largest absolute Gasteiger partial charge is 0.399 e. The first-order valence-corrected chi connectivity index (χ1v) is 7.16. The number of anilines is 1. The van der Waals surface area contributed by atoms with Gasteiger partial charge in [0.1, 0.15) is 0 Å². The van der Waals surface area contributed by atoms with Crippen molar-refractivity contribution in [1.82, 2.24) is 4.90 Å². The van der Waals surface area contributed by atoms with E-state index in [0.29, 0.717) is 12.0 Å². The monoisotopic (exact) mass is 260 g/mol. The second-order valence-electron chi connectivity index (χ2n) is 5.78. The van der Waals surface area contributed by atoms with Crippen molar-refractivity contribution < 1.29 is 4.79 Å². The number of carbonyl (C=O) groups excluding carboxylic acids is 1. The Bertz CT molecular complexity index is 458. The summed E-state index contributed by atoms with van der Waals surface area (Å²) in [6, 6.07) is 7.99. The van der Waals surface area contributed by atoms with E-state index in [9.17, 15) is 4.79 Å². The fourth-order valence-electron chi connectivity index (χ4n) is 2.87. The molecular formula is C16H24N2O. The SMILES string of the molecule is CC(C(=O)N1CCCC(C)C1C)c1cccc(N)c1. The van der Waals surface area contributed by atoms with Crippen LogP contribution < -0.4 is 5.73 Å². The number of piperidine rings is 1. The summed E-state index contributed by atoms with van der Waals surface area (Å²) in [4.78, 5) is 14.7. The number of hydrogen-bond donors (Lipinski definition) is 1. The van der Waals surface area contributed by atoms with Gasteiger partial charge in [-0.3, -0.25) is 4.79 Å². The van der Waals surface area contributed by atoms with Gasteiger partial charge in [0.2, 0.25) is 5.91 Å². The highest BCUT2D eigenvalue weighted by atomic mass is 16.2. The van der Waals surface area contributed by atoms with Gasteiger partial charge in [-0.25, -0.2) is 0 Å². The molecule has 3 unspecified atom stereocenters. The van der Waals surface area contributed by atoms with Crippen molar-refractivity contribution in [1.29, 1.82) is 0 Å². The van der Waals surface area contributed by atoms with E-state index in [1.165, 1.54) is 6.42 Å². The van der Waals surface area contributed by atoms with Gasteiger partial charge in [0.15, 0.2) is 0 Å². The van der Waals surface area contributed by atoms with Crippen LogP contribution >= 0.6 is 0 Å². The molecule has 0 aliphatic carbocycles. The molecule has 0 aromatic heterocycles. The number of likely N-dealkylation sites (tertiary alicyclic amines) is 1. The lowest BCUT2D eigenvalue weighted by atomic mass is 9.90. The van der Waals surface area contributed by atoms with Crippen LogP contribution in [0.15, 0.2) is 24.3 Å². The minimum Gasteiger partial charge on any atom is -0.399 e. The van der Waals surface area contributed by atoms with Crippen molar-refractivity contribution >= 4 is 11.6 Å². The van der Waals surface area contributed by atoms with Crippen LogP contribution in [0, 0.1) is 5.92 Å². The molecule has 3 atom stereocenters. The van der Waals surface area contributed by atoms with Crippen molar-refractivity contribution in [2.45, 2.75) is 45.6 Å². The summed E-state index contributed by atoms with van der Waals surface area (Å²) >= 11 is 0. The first kappa shape index (κ1) is 13.9. The van der Waals surface area contributed by atoms with Gasteiger partial charge in [-0.1, -0.05) is 19.1 Å².